The molecule has 3 atom stereocenters. The second-order valence-corrected chi connectivity index (χ2v) is 7.76. The molecule has 0 bridgehead atoms. The molecule has 0 aromatic heterocycles. The van der Waals surface area contributed by atoms with E-state index in [1.165, 1.54) is 19.3 Å². The second kappa shape index (κ2) is 10.8. The maximum Gasteiger partial charge on any atom is 0.234 e. The maximum atomic E-state index is 12.2. The number of aliphatic hydroxyl groups excluding tert-OH is 1. The summed E-state index contributed by atoms with van der Waals surface area (Å²) in [5.41, 5.74) is 5.53. The van der Waals surface area contributed by atoms with Gasteiger partial charge in [-0.3, -0.25) is 9.59 Å². The summed E-state index contributed by atoms with van der Waals surface area (Å²) in [6.45, 7) is 6.00. The molecule has 1 aliphatic carbocycles. The number of amides is 1. The van der Waals surface area contributed by atoms with Crippen molar-refractivity contribution in [1.29, 1.82) is 0 Å². The molecule has 0 heterocycles. The Morgan fingerprint density at radius 2 is 1.83 bits per heavy atom. The Labute approximate surface area is 146 Å². The van der Waals surface area contributed by atoms with Crippen LogP contribution >= 0.6 is 0 Å². The summed E-state index contributed by atoms with van der Waals surface area (Å²) < 4.78 is 0. The molecule has 1 unspecified atom stereocenters. The molecule has 4 N–H and O–H groups in total. The lowest BCUT2D eigenvalue weighted by atomic mass is 9.82. The smallest absolute Gasteiger partial charge is 0.234 e. The molecule has 0 radical (unpaired) electrons. The topological polar surface area (TPSA) is 92.4 Å². The highest BCUT2D eigenvalue weighted by Gasteiger charge is 2.31. The quantitative estimate of drug-likeness (QED) is 0.539. The van der Waals surface area contributed by atoms with Crippen molar-refractivity contribution in [3.05, 3.63) is 0 Å². The minimum Gasteiger partial charge on any atom is -0.384 e. The largest absolute Gasteiger partial charge is 0.384 e. The number of nitrogens with two attached hydrogens (primary N) is 1. The van der Waals surface area contributed by atoms with Crippen LogP contribution in [0, 0.1) is 11.8 Å². The molecule has 0 aromatic rings. The molecule has 140 valence electrons. The van der Waals surface area contributed by atoms with E-state index in [1.54, 1.807) is 0 Å². The fraction of sp³-hybridized carbons (Fsp3) is 0.895. The number of carbonyl (C=O) groups is 2. The van der Waals surface area contributed by atoms with E-state index in [2.05, 4.69) is 5.32 Å². The van der Waals surface area contributed by atoms with Gasteiger partial charge in [0.05, 0.1) is 6.04 Å². The molecule has 24 heavy (non-hydrogen) atoms. The molecule has 0 saturated heterocycles. The molecule has 0 aromatic carbocycles. The van der Waals surface area contributed by atoms with Crippen molar-refractivity contribution in [3.63, 3.8) is 0 Å². The van der Waals surface area contributed by atoms with Crippen molar-refractivity contribution in [2.45, 2.75) is 96.7 Å². The van der Waals surface area contributed by atoms with E-state index in [-0.39, 0.29) is 11.8 Å². The van der Waals surface area contributed by atoms with Crippen molar-refractivity contribution in [1.82, 2.24) is 5.32 Å². The zero-order chi connectivity index (χ0) is 18.1. The van der Waals surface area contributed by atoms with Crippen LogP contribution in [0.5, 0.6) is 0 Å². The predicted octanol–water partition coefficient (Wildman–Crippen LogP) is 2.55. The van der Waals surface area contributed by atoms with Crippen LogP contribution in [0.2, 0.25) is 0 Å². The minimum atomic E-state index is -1.05. The molecule has 0 spiro atoms. The predicted molar refractivity (Wildman–Crippen MR) is 96.5 cm³/mol. The van der Waals surface area contributed by atoms with Crippen molar-refractivity contribution in [2.75, 3.05) is 0 Å². The third-order valence-corrected chi connectivity index (χ3v) is 4.99. The van der Waals surface area contributed by atoms with Crippen LogP contribution in [0.3, 0.4) is 0 Å². The Balaban J connectivity index is 2.80. The first-order chi connectivity index (χ1) is 11.3. The third kappa shape index (κ3) is 7.31. The zero-order valence-corrected chi connectivity index (χ0v) is 15.6. The van der Waals surface area contributed by atoms with Gasteiger partial charge in [0.1, 0.15) is 6.10 Å². The fourth-order valence-electron chi connectivity index (χ4n) is 3.68. The maximum absolute atomic E-state index is 12.2. The number of Topliss-reactive ketones (excluding diaryl/α,β-unsaturated/α-hetero) is 1. The van der Waals surface area contributed by atoms with Crippen LogP contribution in [0.1, 0.15) is 78.6 Å². The minimum absolute atomic E-state index is 0.140. The lowest BCUT2D eigenvalue weighted by Gasteiger charge is -2.32. The summed E-state index contributed by atoms with van der Waals surface area (Å²) in [6.07, 6.45) is 7.35. The Bertz CT molecular complexity index is 392. The van der Waals surface area contributed by atoms with Gasteiger partial charge in [0.25, 0.3) is 0 Å². The summed E-state index contributed by atoms with van der Waals surface area (Å²) >= 11 is 0. The van der Waals surface area contributed by atoms with Crippen LogP contribution in [-0.4, -0.2) is 35.0 Å². The second-order valence-electron chi connectivity index (χ2n) is 7.76. The van der Waals surface area contributed by atoms with E-state index in [0.717, 1.165) is 25.7 Å². The molecule has 1 rings (SSSR count). The average molecular weight is 341 g/mol. The molecule has 5 nitrogen and oxygen atoms in total. The highest BCUT2D eigenvalue weighted by molar-refractivity contribution is 5.84. The first-order valence-corrected chi connectivity index (χ1v) is 9.61. The molecule has 1 fully saturated rings. The van der Waals surface area contributed by atoms with Crippen LogP contribution in [0.25, 0.3) is 0 Å². The Kier molecular flexibility index (Phi) is 9.52. The number of hydrogen-bond donors (Lipinski definition) is 3. The third-order valence-electron chi connectivity index (χ3n) is 4.99. The van der Waals surface area contributed by atoms with E-state index in [1.807, 2.05) is 20.8 Å². The van der Waals surface area contributed by atoms with E-state index >= 15 is 0 Å². The highest BCUT2D eigenvalue weighted by atomic mass is 16.3. The fourth-order valence-corrected chi connectivity index (χ4v) is 3.68. The average Bonchev–Trinajstić information content (AvgIpc) is 2.53. The van der Waals surface area contributed by atoms with Gasteiger partial charge in [0, 0.05) is 12.5 Å². The van der Waals surface area contributed by atoms with Crippen LogP contribution in [0.15, 0.2) is 0 Å². The molecule has 0 aliphatic heterocycles. The lowest BCUT2D eigenvalue weighted by molar-refractivity contribution is -0.130. The van der Waals surface area contributed by atoms with Crippen molar-refractivity contribution in [3.8, 4) is 0 Å². The van der Waals surface area contributed by atoms with Gasteiger partial charge in [-0.2, -0.15) is 0 Å². The number of aliphatic hydroxyl groups is 1. The van der Waals surface area contributed by atoms with Gasteiger partial charge in [0.15, 0.2) is 5.78 Å². The van der Waals surface area contributed by atoms with Gasteiger partial charge in [-0.25, -0.2) is 0 Å². The summed E-state index contributed by atoms with van der Waals surface area (Å²) in [5, 5.41) is 13.8. The van der Waals surface area contributed by atoms with Gasteiger partial charge in [0.2, 0.25) is 5.91 Å². The molecule has 1 saturated carbocycles. The Morgan fingerprint density at radius 3 is 2.33 bits per heavy atom. The first kappa shape index (κ1) is 21.1. The first-order valence-electron chi connectivity index (χ1n) is 9.61. The van der Waals surface area contributed by atoms with E-state index in [0.29, 0.717) is 24.7 Å². The monoisotopic (exact) mass is 340 g/mol. The van der Waals surface area contributed by atoms with Gasteiger partial charge >= 0.3 is 0 Å². The normalized spacial score (nSPS) is 19.9. The van der Waals surface area contributed by atoms with E-state index < -0.39 is 18.1 Å². The molecule has 1 aliphatic rings. The molecular formula is C19H36N2O3. The zero-order valence-electron chi connectivity index (χ0n) is 15.6. The van der Waals surface area contributed by atoms with Crippen LogP contribution < -0.4 is 11.1 Å². The Morgan fingerprint density at radius 1 is 1.21 bits per heavy atom. The number of carbonyl (C=O) groups excluding carboxylic acids is 2. The molecular weight excluding hydrogens is 304 g/mol. The standard InChI is InChI=1S/C19H36N2O3/c1-4-8-17(22)18(23)15(12-14-9-6-5-7-10-14)21-16(19(20)24)11-13(2)3/h13-16,18,21,23H,4-12H2,1-3H3,(H2,20,24)/t15-,16-,18?/m0/s1. The highest BCUT2D eigenvalue weighted by Crippen LogP contribution is 2.28. The van der Waals surface area contributed by atoms with Gasteiger partial charge in [-0.1, -0.05) is 52.9 Å². The number of nitrogens with one attached hydrogen (secondary N) is 1. The number of primary amides is 1. The SMILES string of the molecule is CCCC(=O)C(O)[C@H](CC1CCCCC1)N[C@@H](CC(C)C)C(N)=O. The molecule has 1 amide bonds. The van der Waals surface area contributed by atoms with Crippen molar-refractivity contribution >= 4 is 11.7 Å². The number of hydrogen-bond acceptors (Lipinski definition) is 4. The summed E-state index contributed by atoms with van der Waals surface area (Å²) in [5.74, 6) is 0.271. The Hall–Kier alpha value is -0.940. The van der Waals surface area contributed by atoms with Crippen molar-refractivity contribution < 1.29 is 14.7 Å². The number of ketones is 1. The number of rotatable bonds is 11. The van der Waals surface area contributed by atoms with Gasteiger partial charge < -0.3 is 16.2 Å². The van der Waals surface area contributed by atoms with E-state index in [9.17, 15) is 14.7 Å². The lowest BCUT2D eigenvalue weighted by Crippen LogP contribution is -2.53. The van der Waals surface area contributed by atoms with Gasteiger partial charge in [-0.05, 0) is 31.1 Å². The van der Waals surface area contributed by atoms with Crippen molar-refractivity contribution in [2.24, 2.45) is 17.6 Å². The summed E-state index contributed by atoms with van der Waals surface area (Å²) in [6, 6.07) is -0.883. The summed E-state index contributed by atoms with van der Waals surface area (Å²) in [7, 11) is 0. The molecule has 5 heteroatoms. The van der Waals surface area contributed by atoms with Crippen LogP contribution in [0.4, 0.5) is 0 Å². The van der Waals surface area contributed by atoms with Gasteiger partial charge in [-0.15, -0.1) is 0 Å². The van der Waals surface area contributed by atoms with E-state index in [4.69, 9.17) is 5.73 Å². The summed E-state index contributed by atoms with van der Waals surface area (Å²) in [4.78, 5) is 24.0. The van der Waals surface area contributed by atoms with Crippen LogP contribution in [-0.2, 0) is 9.59 Å².